The summed E-state index contributed by atoms with van der Waals surface area (Å²) in [5.41, 5.74) is -0.278. The molecule has 1 aromatic carbocycles. The van der Waals surface area contributed by atoms with Gasteiger partial charge in [-0.2, -0.15) is 0 Å². The number of nitro benzene ring substituents is 1. The average Bonchev–Trinajstić information content (AvgIpc) is 2.44. The zero-order valence-corrected chi connectivity index (χ0v) is 12.5. The lowest BCUT2D eigenvalue weighted by atomic mass is 10.0. The monoisotopic (exact) mass is 329 g/mol. The number of fused-ring (bicyclic) bond motifs is 1. The molecule has 3 rings (SSSR count). The van der Waals surface area contributed by atoms with Gasteiger partial charge in [0, 0.05) is 31.6 Å². The van der Waals surface area contributed by atoms with Crippen LogP contribution in [-0.2, 0) is 0 Å². The van der Waals surface area contributed by atoms with E-state index in [-0.39, 0.29) is 23.7 Å². The van der Waals surface area contributed by atoms with Gasteiger partial charge in [-0.15, -0.1) is 12.4 Å². The highest BCUT2D eigenvalue weighted by molar-refractivity contribution is 5.99. The normalized spacial score (nSPS) is 16.2. The van der Waals surface area contributed by atoms with Gasteiger partial charge in [-0.25, -0.2) is 0 Å². The molecule has 0 spiro atoms. The van der Waals surface area contributed by atoms with Gasteiger partial charge in [-0.1, -0.05) is 0 Å². The molecule has 2 aliphatic heterocycles. The quantitative estimate of drug-likeness (QED) is 0.624. The van der Waals surface area contributed by atoms with Crippen LogP contribution in [0.15, 0.2) is 12.1 Å². The molecule has 1 amide bonds. The van der Waals surface area contributed by atoms with E-state index in [0.29, 0.717) is 37.2 Å². The number of amides is 1. The molecule has 0 bridgehead atoms. The third kappa shape index (κ3) is 3.23. The summed E-state index contributed by atoms with van der Waals surface area (Å²) in [7, 11) is 0. The molecule has 0 aliphatic carbocycles. The number of carbonyl (C=O) groups excluding carboxylic acids is 1. The van der Waals surface area contributed by atoms with E-state index in [2.05, 4.69) is 10.6 Å². The van der Waals surface area contributed by atoms with Crippen LogP contribution in [0.1, 0.15) is 10.4 Å². The highest BCUT2D eigenvalue weighted by Crippen LogP contribution is 2.36. The highest BCUT2D eigenvalue weighted by Gasteiger charge is 2.27. The van der Waals surface area contributed by atoms with E-state index in [1.54, 1.807) is 0 Å². The van der Waals surface area contributed by atoms with Gasteiger partial charge in [-0.05, 0) is 0 Å². The maximum atomic E-state index is 12.2. The maximum Gasteiger partial charge on any atom is 0.286 e. The fourth-order valence-electron chi connectivity index (χ4n) is 2.24. The molecule has 1 fully saturated rings. The molecule has 0 atom stereocenters. The fourth-order valence-corrected chi connectivity index (χ4v) is 2.24. The average molecular weight is 330 g/mol. The van der Waals surface area contributed by atoms with Crippen molar-refractivity contribution in [2.75, 3.05) is 32.8 Å². The number of hydrogen-bond acceptors (Lipinski definition) is 6. The van der Waals surface area contributed by atoms with Gasteiger partial charge in [0.2, 0.25) is 0 Å². The van der Waals surface area contributed by atoms with Crippen LogP contribution in [0.4, 0.5) is 5.69 Å². The van der Waals surface area contributed by atoms with Crippen LogP contribution >= 0.6 is 12.4 Å². The van der Waals surface area contributed by atoms with Crippen molar-refractivity contribution in [2.24, 2.45) is 5.92 Å². The predicted octanol–water partition coefficient (Wildman–Crippen LogP) is 0.737. The topological polar surface area (TPSA) is 103 Å². The first-order valence-corrected chi connectivity index (χ1v) is 6.72. The second-order valence-corrected chi connectivity index (χ2v) is 5.00. The van der Waals surface area contributed by atoms with Crippen molar-refractivity contribution in [2.45, 2.75) is 0 Å². The Kier molecular flexibility index (Phi) is 5.04. The molecule has 120 valence electrons. The van der Waals surface area contributed by atoms with Crippen LogP contribution < -0.4 is 20.1 Å². The predicted molar refractivity (Wildman–Crippen MR) is 80.0 cm³/mol. The number of hydrogen-bond donors (Lipinski definition) is 2. The molecule has 1 saturated heterocycles. The SMILES string of the molecule is Cl.O=C(NCC1CNC1)c1cc2c(cc1[N+](=O)[O-])OCCO2. The zero-order chi connectivity index (χ0) is 14.8. The van der Waals surface area contributed by atoms with Gasteiger partial charge in [0.15, 0.2) is 11.5 Å². The largest absolute Gasteiger partial charge is 0.486 e. The summed E-state index contributed by atoms with van der Waals surface area (Å²) < 4.78 is 10.7. The Balaban J connectivity index is 0.00000176. The Morgan fingerprint density at radius 2 is 1.95 bits per heavy atom. The molecule has 0 aromatic heterocycles. The van der Waals surface area contributed by atoms with Crippen LogP contribution in [-0.4, -0.2) is 43.7 Å². The first-order valence-electron chi connectivity index (χ1n) is 6.72. The lowest BCUT2D eigenvalue weighted by Gasteiger charge is -2.27. The molecule has 1 aromatic rings. The Morgan fingerprint density at radius 1 is 1.32 bits per heavy atom. The second kappa shape index (κ2) is 6.80. The van der Waals surface area contributed by atoms with Crippen molar-refractivity contribution in [3.8, 4) is 11.5 Å². The van der Waals surface area contributed by atoms with Gasteiger partial charge in [0.05, 0.1) is 11.0 Å². The molecule has 0 radical (unpaired) electrons. The summed E-state index contributed by atoms with van der Waals surface area (Å²) in [4.78, 5) is 22.7. The van der Waals surface area contributed by atoms with Crippen molar-refractivity contribution in [1.82, 2.24) is 10.6 Å². The Hall–Kier alpha value is -2.06. The number of rotatable bonds is 4. The Bertz CT molecular complexity index is 591. The summed E-state index contributed by atoms with van der Waals surface area (Å²) >= 11 is 0. The van der Waals surface area contributed by atoms with Crippen LogP contribution in [0.2, 0.25) is 0 Å². The number of carbonyl (C=O) groups is 1. The number of nitrogens with zero attached hydrogens (tertiary/aromatic N) is 1. The molecule has 9 heteroatoms. The highest BCUT2D eigenvalue weighted by atomic mass is 35.5. The van der Waals surface area contributed by atoms with Crippen LogP contribution in [0, 0.1) is 16.0 Å². The van der Waals surface area contributed by atoms with E-state index < -0.39 is 10.8 Å². The molecular formula is C13H16ClN3O5. The minimum absolute atomic E-state index is 0. The van der Waals surface area contributed by atoms with Gasteiger partial charge in [-0.3, -0.25) is 14.9 Å². The van der Waals surface area contributed by atoms with Crippen molar-refractivity contribution in [3.63, 3.8) is 0 Å². The molecule has 2 N–H and O–H groups in total. The molecule has 22 heavy (non-hydrogen) atoms. The summed E-state index contributed by atoms with van der Waals surface area (Å²) in [5, 5.41) is 17.0. The van der Waals surface area contributed by atoms with Gasteiger partial charge in [0.25, 0.3) is 11.6 Å². The van der Waals surface area contributed by atoms with Gasteiger partial charge < -0.3 is 20.1 Å². The van der Waals surface area contributed by atoms with E-state index >= 15 is 0 Å². The van der Waals surface area contributed by atoms with Crippen molar-refractivity contribution < 1.29 is 19.2 Å². The Morgan fingerprint density at radius 3 is 2.50 bits per heavy atom. The number of ether oxygens (including phenoxy) is 2. The zero-order valence-electron chi connectivity index (χ0n) is 11.7. The van der Waals surface area contributed by atoms with Crippen molar-refractivity contribution >= 4 is 24.0 Å². The van der Waals surface area contributed by atoms with Crippen LogP contribution in [0.25, 0.3) is 0 Å². The van der Waals surface area contributed by atoms with E-state index in [0.717, 1.165) is 13.1 Å². The lowest BCUT2D eigenvalue weighted by Crippen LogP contribution is -2.48. The number of benzene rings is 1. The molecule has 2 aliphatic rings. The molecule has 8 nitrogen and oxygen atoms in total. The minimum atomic E-state index is -0.585. The van der Waals surface area contributed by atoms with E-state index in [1.165, 1.54) is 12.1 Å². The van der Waals surface area contributed by atoms with Gasteiger partial charge in [0.1, 0.15) is 18.8 Å². The number of halogens is 1. The first kappa shape index (κ1) is 16.3. The van der Waals surface area contributed by atoms with Crippen LogP contribution in [0.3, 0.4) is 0 Å². The third-order valence-corrected chi connectivity index (χ3v) is 3.52. The van der Waals surface area contributed by atoms with E-state index in [4.69, 9.17) is 9.47 Å². The lowest BCUT2D eigenvalue weighted by molar-refractivity contribution is -0.385. The minimum Gasteiger partial charge on any atom is -0.486 e. The standard InChI is InChI=1S/C13H15N3O5.ClH/c17-13(15-7-8-5-14-6-8)9-3-11-12(21-2-1-20-11)4-10(9)16(18)19;/h3-4,8,14H,1-2,5-7H2,(H,15,17);1H. The molecule has 0 saturated carbocycles. The molecular weight excluding hydrogens is 314 g/mol. The van der Waals surface area contributed by atoms with Crippen molar-refractivity contribution in [1.29, 1.82) is 0 Å². The maximum absolute atomic E-state index is 12.2. The third-order valence-electron chi connectivity index (χ3n) is 3.52. The number of nitrogens with one attached hydrogen (secondary N) is 2. The summed E-state index contributed by atoms with van der Waals surface area (Å²) in [6.07, 6.45) is 0. The summed E-state index contributed by atoms with van der Waals surface area (Å²) in [6.45, 7) is 2.90. The van der Waals surface area contributed by atoms with E-state index in [9.17, 15) is 14.9 Å². The van der Waals surface area contributed by atoms with Crippen LogP contribution in [0.5, 0.6) is 11.5 Å². The van der Waals surface area contributed by atoms with Crippen molar-refractivity contribution in [3.05, 3.63) is 27.8 Å². The van der Waals surface area contributed by atoms with Gasteiger partial charge >= 0.3 is 0 Å². The van der Waals surface area contributed by atoms with E-state index in [1.807, 2.05) is 0 Å². The molecule has 2 heterocycles. The summed E-state index contributed by atoms with van der Waals surface area (Å²) in [6, 6.07) is 2.62. The number of nitro groups is 1. The molecule has 0 unspecified atom stereocenters. The summed E-state index contributed by atoms with van der Waals surface area (Å²) in [5.74, 6) is 0.575. The smallest absolute Gasteiger partial charge is 0.286 e. The second-order valence-electron chi connectivity index (χ2n) is 5.00. The fraction of sp³-hybridized carbons (Fsp3) is 0.462. The Labute approximate surface area is 132 Å². The first-order chi connectivity index (χ1) is 10.1.